The summed E-state index contributed by atoms with van der Waals surface area (Å²) in [5.41, 5.74) is 4.87. The molecule has 0 N–H and O–H groups in total. The van der Waals surface area contributed by atoms with E-state index < -0.39 is 0 Å². The lowest BCUT2D eigenvalue weighted by Crippen LogP contribution is -2.39. The molecule has 0 aliphatic carbocycles. The van der Waals surface area contributed by atoms with E-state index in [4.69, 9.17) is 4.74 Å². The Balaban J connectivity index is 1.26. The second-order valence-corrected chi connectivity index (χ2v) is 8.88. The van der Waals surface area contributed by atoms with Crippen molar-refractivity contribution in [2.24, 2.45) is 7.05 Å². The highest BCUT2D eigenvalue weighted by atomic mass is 16.5. The van der Waals surface area contributed by atoms with Gasteiger partial charge in [-0.2, -0.15) is 5.26 Å². The van der Waals surface area contributed by atoms with Crippen molar-refractivity contribution in [3.8, 4) is 11.8 Å². The van der Waals surface area contributed by atoms with E-state index in [1.54, 1.807) is 23.7 Å². The molecule has 4 aromatic rings. The third kappa shape index (κ3) is 4.53. The lowest BCUT2D eigenvalue weighted by atomic mass is 10.0. The van der Waals surface area contributed by atoms with E-state index in [9.17, 15) is 10.1 Å². The summed E-state index contributed by atoms with van der Waals surface area (Å²) in [7, 11) is 1.77. The van der Waals surface area contributed by atoms with Crippen molar-refractivity contribution in [2.45, 2.75) is 25.4 Å². The molecule has 0 spiro atoms. The number of aromatic nitrogens is 1. The maximum atomic E-state index is 12.5. The number of aryl methyl sites for hydroxylation is 1. The van der Waals surface area contributed by atoms with Crippen LogP contribution in [0.1, 0.15) is 29.5 Å². The lowest BCUT2D eigenvalue weighted by Gasteiger charge is -2.34. The second-order valence-electron chi connectivity index (χ2n) is 8.88. The number of piperidine rings is 1. The Morgan fingerprint density at radius 3 is 2.35 bits per heavy atom. The molecular formula is C29H27N3O2. The molecule has 1 aliphatic heterocycles. The van der Waals surface area contributed by atoms with Gasteiger partial charge in [0.25, 0.3) is 5.56 Å². The Bertz CT molecular complexity index is 1390. The number of anilines is 1. The lowest BCUT2D eigenvalue weighted by molar-refractivity contribution is 0.171. The summed E-state index contributed by atoms with van der Waals surface area (Å²) in [6, 6.07) is 28.2. The predicted octanol–water partition coefficient (Wildman–Crippen LogP) is 5.05. The fourth-order valence-corrected chi connectivity index (χ4v) is 4.70. The third-order valence-corrected chi connectivity index (χ3v) is 6.61. The molecule has 1 aliphatic rings. The first kappa shape index (κ1) is 21.8. The Kier molecular flexibility index (Phi) is 6.05. The van der Waals surface area contributed by atoms with Crippen molar-refractivity contribution in [1.82, 2.24) is 4.57 Å². The smallest absolute Gasteiger partial charge is 0.252 e. The number of benzene rings is 3. The van der Waals surface area contributed by atoms with Crippen molar-refractivity contribution in [2.75, 3.05) is 18.0 Å². The van der Waals surface area contributed by atoms with Crippen molar-refractivity contribution in [1.29, 1.82) is 5.26 Å². The Hall–Kier alpha value is -4.04. The van der Waals surface area contributed by atoms with Crippen LogP contribution < -0.4 is 15.2 Å². The fraction of sp³-hybridized carbons (Fsp3) is 0.241. The third-order valence-electron chi connectivity index (χ3n) is 6.61. The zero-order valence-corrected chi connectivity index (χ0v) is 19.3. The summed E-state index contributed by atoms with van der Waals surface area (Å²) in [5.74, 6) is 0.896. The molecule has 0 radical (unpaired) electrons. The van der Waals surface area contributed by atoms with E-state index in [-0.39, 0.29) is 11.7 Å². The fourth-order valence-electron chi connectivity index (χ4n) is 4.70. The van der Waals surface area contributed by atoms with Gasteiger partial charge in [0.15, 0.2) is 0 Å². The Morgan fingerprint density at radius 1 is 0.941 bits per heavy atom. The molecule has 170 valence electrons. The molecule has 0 bridgehead atoms. The van der Waals surface area contributed by atoms with Crippen LogP contribution in [0.2, 0.25) is 0 Å². The van der Waals surface area contributed by atoms with Gasteiger partial charge < -0.3 is 14.2 Å². The van der Waals surface area contributed by atoms with Gasteiger partial charge in [-0.1, -0.05) is 42.5 Å². The predicted molar refractivity (Wildman–Crippen MR) is 135 cm³/mol. The van der Waals surface area contributed by atoms with Crippen LogP contribution in [0, 0.1) is 11.3 Å². The molecular weight excluding hydrogens is 422 g/mol. The van der Waals surface area contributed by atoms with Crippen LogP contribution >= 0.6 is 0 Å². The number of ether oxygens (including phenoxy) is 1. The van der Waals surface area contributed by atoms with Crippen LogP contribution in [0.15, 0.2) is 83.7 Å². The zero-order valence-electron chi connectivity index (χ0n) is 19.3. The zero-order chi connectivity index (χ0) is 23.5. The molecule has 0 amide bonds. The average molecular weight is 450 g/mol. The van der Waals surface area contributed by atoms with E-state index in [0.29, 0.717) is 5.56 Å². The Morgan fingerprint density at radius 2 is 1.65 bits per heavy atom. The van der Waals surface area contributed by atoms with Crippen LogP contribution in [0.4, 0.5) is 5.69 Å². The molecule has 5 rings (SSSR count). The number of nitrogens with zero attached hydrogens (tertiary/aromatic N) is 3. The summed E-state index contributed by atoms with van der Waals surface area (Å²) in [5, 5.41) is 10.3. The first-order valence-corrected chi connectivity index (χ1v) is 11.7. The normalized spacial score (nSPS) is 14.2. The number of pyridine rings is 1. The van der Waals surface area contributed by atoms with Crippen LogP contribution in [-0.2, 0) is 13.5 Å². The maximum Gasteiger partial charge on any atom is 0.252 e. The largest absolute Gasteiger partial charge is 0.490 e. The minimum Gasteiger partial charge on any atom is -0.490 e. The number of nitriles is 1. The number of rotatable bonds is 5. The highest BCUT2D eigenvalue weighted by Crippen LogP contribution is 2.29. The van der Waals surface area contributed by atoms with Crippen LogP contribution in [0.5, 0.6) is 5.75 Å². The second kappa shape index (κ2) is 9.44. The number of fused-ring (bicyclic) bond motifs is 1. The average Bonchev–Trinajstić information content (AvgIpc) is 2.88. The molecule has 34 heavy (non-hydrogen) atoms. The van der Waals surface area contributed by atoms with E-state index in [1.165, 1.54) is 11.1 Å². The quantitative estimate of drug-likeness (QED) is 0.428. The molecule has 1 aromatic heterocycles. The van der Waals surface area contributed by atoms with Crippen LogP contribution in [0.3, 0.4) is 0 Å². The van der Waals surface area contributed by atoms with Gasteiger partial charge in [-0.3, -0.25) is 4.79 Å². The van der Waals surface area contributed by atoms with E-state index in [0.717, 1.165) is 54.7 Å². The maximum absolute atomic E-state index is 12.5. The number of hydrogen-bond donors (Lipinski definition) is 0. The summed E-state index contributed by atoms with van der Waals surface area (Å²) in [6.07, 6.45) is 2.81. The summed E-state index contributed by atoms with van der Waals surface area (Å²) in [4.78, 5) is 14.8. The van der Waals surface area contributed by atoms with Crippen molar-refractivity contribution >= 4 is 16.6 Å². The molecule has 3 aromatic carbocycles. The first-order valence-electron chi connectivity index (χ1n) is 11.7. The summed E-state index contributed by atoms with van der Waals surface area (Å²) < 4.78 is 7.91. The van der Waals surface area contributed by atoms with Gasteiger partial charge in [-0.05, 0) is 47.9 Å². The topological polar surface area (TPSA) is 58.3 Å². The molecule has 0 atom stereocenters. The van der Waals surface area contributed by atoms with Crippen molar-refractivity contribution in [3.63, 3.8) is 0 Å². The number of hydrogen-bond acceptors (Lipinski definition) is 4. The minimum absolute atomic E-state index is 0.0406. The van der Waals surface area contributed by atoms with Crippen molar-refractivity contribution < 1.29 is 4.74 Å². The van der Waals surface area contributed by atoms with Gasteiger partial charge >= 0.3 is 0 Å². The molecule has 1 fully saturated rings. The van der Waals surface area contributed by atoms with E-state index in [1.807, 2.05) is 18.2 Å². The molecule has 5 nitrogen and oxygen atoms in total. The van der Waals surface area contributed by atoms with Crippen molar-refractivity contribution in [3.05, 3.63) is 106 Å². The minimum atomic E-state index is -0.0406. The molecule has 5 heteroatoms. The molecule has 2 heterocycles. The van der Waals surface area contributed by atoms with Crippen LogP contribution in [0.25, 0.3) is 10.9 Å². The van der Waals surface area contributed by atoms with Gasteiger partial charge in [0.05, 0.1) is 22.8 Å². The highest BCUT2D eigenvalue weighted by Gasteiger charge is 2.23. The highest BCUT2D eigenvalue weighted by molar-refractivity contribution is 5.93. The van der Waals surface area contributed by atoms with E-state index >= 15 is 0 Å². The standard InChI is InChI=1S/C29H27N3O2/c1-31-27-12-9-23(20-30)18-26(27)28(19-29(31)33)32-15-13-25(14-16-32)34-24-10-7-22(8-11-24)17-21-5-3-2-4-6-21/h2-12,18-19,25H,13-17H2,1H3. The van der Waals surface area contributed by atoms with Gasteiger partial charge in [0.1, 0.15) is 11.9 Å². The van der Waals surface area contributed by atoms with Gasteiger partial charge in [-0.15, -0.1) is 0 Å². The van der Waals surface area contributed by atoms with Gasteiger partial charge in [0.2, 0.25) is 0 Å². The molecule has 0 saturated carbocycles. The monoisotopic (exact) mass is 449 g/mol. The Labute approximate surface area is 199 Å². The van der Waals surface area contributed by atoms with Crippen LogP contribution in [-0.4, -0.2) is 23.8 Å². The van der Waals surface area contributed by atoms with Gasteiger partial charge in [0, 0.05) is 44.4 Å². The van der Waals surface area contributed by atoms with E-state index in [2.05, 4.69) is 59.5 Å². The molecule has 1 saturated heterocycles. The summed E-state index contributed by atoms with van der Waals surface area (Å²) >= 11 is 0. The first-order chi connectivity index (χ1) is 16.6. The van der Waals surface area contributed by atoms with Gasteiger partial charge in [-0.25, -0.2) is 0 Å². The molecule has 0 unspecified atom stereocenters. The SMILES string of the molecule is Cn1c(=O)cc(N2CCC(Oc3ccc(Cc4ccccc4)cc3)CC2)c2cc(C#N)ccc21. The summed E-state index contributed by atoms with van der Waals surface area (Å²) in [6.45, 7) is 1.60.